The summed E-state index contributed by atoms with van der Waals surface area (Å²) in [5.74, 6) is -2.47. The zero-order chi connectivity index (χ0) is 14.0. The molecular formula is C13H17NO5. The van der Waals surface area contributed by atoms with E-state index in [9.17, 15) is 14.4 Å². The van der Waals surface area contributed by atoms with Crippen LogP contribution in [0.2, 0.25) is 0 Å². The molecule has 1 fully saturated rings. The van der Waals surface area contributed by atoms with Crippen molar-refractivity contribution >= 4 is 17.7 Å². The third kappa shape index (κ3) is 2.68. The Hall–Kier alpha value is -1.69. The first-order chi connectivity index (χ1) is 9.04. The summed E-state index contributed by atoms with van der Waals surface area (Å²) in [6.07, 6.45) is 1.52. The van der Waals surface area contributed by atoms with Crippen molar-refractivity contribution in [3.05, 3.63) is 11.3 Å². The van der Waals surface area contributed by atoms with E-state index in [1.54, 1.807) is 6.92 Å². The lowest BCUT2D eigenvalue weighted by atomic mass is 9.92. The third-order valence-corrected chi connectivity index (χ3v) is 3.43. The van der Waals surface area contributed by atoms with Crippen LogP contribution in [0.4, 0.5) is 0 Å². The van der Waals surface area contributed by atoms with Crippen LogP contribution in [0.25, 0.3) is 0 Å². The number of ketones is 1. The number of nitrogens with zero attached hydrogens (tertiary/aromatic N) is 1. The molecule has 6 heteroatoms. The number of esters is 2. The molecular weight excluding hydrogens is 250 g/mol. The van der Waals surface area contributed by atoms with Gasteiger partial charge >= 0.3 is 11.9 Å². The molecule has 6 nitrogen and oxygen atoms in total. The number of carbonyl (C=O) groups is 3. The molecule has 2 heterocycles. The highest BCUT2D eigenvalue weighted by Gasteiger charge is 2.42. The lowest BCUT2D eigenvalue weighted by Gasteiger charge is -2.28. The molecule has 0 amide bonds. The maximum atomic E-state index is 11.8. The fourth-order valence-electron chi connectivity index (χ4n) is 2.37. The van der Waals surface area contributed by atoms with Gasteiger partial charge in [-0.2, -0.15) is 0 Å². The highest BCUT2D eigenvalue weighted by atomic mass is 16.6. The van der Waals surface area contributed by atoms with Crippen LogP contribution in [0.15, 0.2) is 11.3 Å². The summed E-state index contributed by atoms with van der Waals surface area (Å²) in [6.45, 7) is 3.49. The molecule has 0 aromatic heterocycles. The van der Waals surface area contributed by atoms with Gasteiger partial charge < -0.3 is 14.4 Å². The lowest BCUT2D eigenvalue weighted by Crippen LogP contribution is -2.31. The maximum Gasteiger partial charge on any atom is 0.385 e. The lowest BCUT2D eigenvalue weighted by molar-refractivity contribution is -0.148. The van der Waals surface area contributed by atoms with Crippen molar-refractivity contribution in [3.63, 3.8) is 0 Å². The number of Topliss-reactive ketones (excluding diaryl/α,β-unsaturated/α-hetero) is 1. The second-order valence-electron chi connectivity index (χ2n) is 4.76. The molecule has 19 heavy (non-hydrogen) atoms. The number of carbonyl (C=O) groups excluding carboxylic acids is 3. The van der Waals surface area contributed by atoms with Crippen molar-refractivity contribution in [2.75, 3.05) is 26.7 Å². The van der Waals surface area contributed by atoms with Gasteiger partial charge in [0.1, 0.15) is 5.76 Å². The van der Waals surface area contributed by atoms with Crippen LogP contribution in [0, 0.1) is 5.92 Å². The SMILES string of the molecule is CCOC(=O)C1=C(C2CCN(C)CC2)OC(=O)C1=O. The van der Waals surface area contributed by atoms with Crippen LogP contribution >= 0.6 is 0 Å². The Kier molecular flexibility index (Phi) is 3.99. The van der Waals surface area contributed by atoms with Crippen molar-refractivity contribution in [1.82, 2.24) is 4.90 Å². The van der Waals surface area contributed by atoms with Crippen molar-refractivity contribution in [3.8, 4) is 0 Å². The average Bonchev–Trinajstić information content (AvgIpc) is 2.67. The molecule has 1 saturated heterocycles. The zero-order valence-corrected chi connectivity index (χ0v) is 11.1. The molecule has 0 radical (unpaired) electrons. The van der Waals surface area contributed by atoms with Gasteiger partial charge in [0.25, 0.3) is 5.78 Å². The number of cyclic esters (lactones) is 1. The van der Waals surface area contributed by atoms with Crippen molar-refractivity contribution in [2.24, 2.45) is 5.92 Å². The second-order valence-corrected chi connectivity index (χ2v) is 4.76. The molecule has 2 aliphatic heterocycles. The highest BCUT2D eigenvalue weighted by Crippen LogP contribution is 2.32. The van der Waals surface area contributed by atoms with Gasteiger partial charge in [-0.3, -0.25) is 4.79 Å². The van der Waals surface area contributed by atoms with E-state index in [-0.39, 0.29) is 23.9 Å². The van der Waals surface area contributed by atoms with Crippen LogP contribution in [0.1, 0.15) is 19.8 Å². The summed E-state index contributed by atoms with van der Waals surface area (Å²) < 4.78 is 9.83. The quantitative estimate of drug-likeness (QED) is 0.415. The first kappa shape index (κ1) is 13.7. The Morgan fingerprint density at radius 1 is 1.37 bits per heavy atom. The molecule has 0 N–H and O–H groups in total. The summed E-state index contributed by atoms with van der Waals surface area (Å²) in [7, 11) is 2.00. The molecule has 0 spiro atoms. The molecule has 2 aliphatic rings. The van der Waals surface area contributed by atoms with Crippen LogP contribution in [0.5, 0.6) is 0 Å². The minimum Gasteiger partial charge on any atom is -0.462 e. The summed E-state index contributed by atoms with van der Waals surface area (Å²) >= 11 is 0. The first-order valence-electron chi connectivity index (χ1n) is 6.41. The predicted molar refractivity (Wildman–Crippen MR) is 65.0 cm³/mol. The molecule has 0 aromatic carbocycles. The van der Waals surface area contributed by atoms with Gasteiger partial charge in [-0.05, 0) is 39.9 Å². The van der Waals surface area contributed by atoms with E-state index in [1.807, 2.05) is 7.05 Å². The van der Waals surface area contributed by atoms with Crippen LogP contribution < -0.4 is 0 Å². The molecule has 104 valence electrons. The highest BCUT2D eigenvalue weighted by molar-refractivity contribution is 6.48. The van der Waals surface area contributed by atoms with E-state index >= 15 is 0 Å². The van der Waals surface area contributed by atoms with Crippen molar-refractivity contribution in [2.45, 2.75) is 19.8 Å². The summed E-state index contributed by atoms with van der Waals surface area (Å²) in [5, 5.41) is 0. The van der Waals surface area contributed by atoms with Crippen LogP contribution in [-0.2, 0) is 23.9 Å². The molecule has 0 aliphatic carbocycles. The fourth-order valence-corrected chi connectivity index (χ4v) is 2.37. The molecule has 0 saturated carbocycles. The Morgan fingerprint density at radius 3 is 2.58 bits per heavy atom. The van der Waals surface area contributed by atoms with Gasteiger partial charge in [-0.25, -0.2) is 9.59 Å². The number of ether oxygens (including phenoxy) is 2. The predicted octanol–water partition coefficient (Wildman–Crippen LogP) is 0.271. The van der Waals surface area contributed by atoms with Crippen molar-refractivity contribution in [1.29, 1.82) is 0 Å². The largest absolute Gasteiger partial charge is 0.462 e. The number of likely N-dealkylation sites (tertiary alicyclic amines) is 1. The number of rotatable bonds is 3. The zero-order valence-electron chi connectivity index (χ0n) is 11.1. The van der Waals surface area contributed by atoms with Gasteiger partial charge in [0.05, 0.1) is 6.61 Å². The van der Waals surface area contributed by atoms with Gasteiger partial charge in [-0.1, -0.05) is 0 Å². The number of hydrogen-bond acceptors (Lipinski definition) is 6. The van der Waals surface area contributed by atoms with Gasteiger partial charge in [0, 0.05) is 5.92 Å². The minimum absolute atomic E-state index is 0.0639. The van der Waals surface area contributed by atoms with Gasteiger partial charge in [0.2, 0.25) is 0 Å². The number of allylic oxidation sites excluding steroid dienone is 1. The monoisotopic (exact) mass is 267 g/mol. The summed E-state index contributed by atoms with van der Waals surface area (Å²) in [5.41, 5.74) is -0.207. The standard InChI is InChI=1S/C13H17NO5/c1-3-18-12(16)9-10(15)13(17)19-11(9)8-4-6-14(2)7-5-8/h8H,3-7H2,1-2H3. The van der Waals surface area contributed by atoms with Gasteiger partial charge in [0.15, 0.2) is 5.57 Å². The smallest absolute Gasteiger partial charge is 0.385 e. The summed E-state index contributed by atoms with van der Waals surface area (Å²) in [6, 6.07) is 0. The molecule has 0 bridgehead atoms. The minimum atomic E-state index is -0.975. The molecule has 0 atom stereocenters. The Morgan fingerprint density at radius 2 is 2.00 bits per heavy atom. The first-order valence-corrected chi connectivity index (χ1v) is 6.41. The summed E-state index contributed by atoms with van der Waals surface area (Å²) in [4.78, 5) is 37.0. The van der Waals surface area contributed by atoms with Crippen molar-refractivity contribution < 1.29 is 23.9 Å². The second kappa shape index (κ2) is 5.52. The number of hydrogen-bond donors (Lipinski definition) is 0. The van der Waals surface area contributed by atoms with Crippen LogP contribution in [0.3, 0.4) is 0 Å². The van der Waals surface area contributed by atoms with E-state index in [2.05, 4.69) is 4.90 Å². The average molecular weight is 267 g/mol. The van der Waals surface area contributed by atoms with E-state index in [4.69, 9.17) is 9.47 Å². The van der Waals surface area contributed by atoms with E-state index in [1.165, 1.54) is 0 Å². The molecule has 0 unspecified atom stereocenters. The normalized spacial score (nSPS) is 21.8. The van der Waals surface area contributed by atoms with E-state index in [0.29, 0.717) is 0 Å². The Balaban J connectivity index is 2.25. The molecule has 2 rings (SSSR count). The Labute approximate surface area is 111 Å². The third-order valence-electron chi connectivity index (χ3n) is 3.43. The van der Waals surface area contributed by atoms with Crippen LogP contribution in [-0.4, -0.2) is 49.4 Å². The molecule has 0 aromatic rings. The van der Waals surface area contributed by atoms with E-state index < -0.39 is 17.7 Å². The fraction of sp³-hybridized carbons (Fsp3) is 0.615. The number of piperidine rings is 1. The Bertz CT molecular complexity index is 446. The topological polar surface area (TPSA) is 72.9 Å². The van der Waals surface area contributed by atoms with Gasteiger partial charge in [-0.15, -0.1) is 0 Å². The maximum absolute atomic E-state index is 11.8. The van der Waals surface area contributed by atoms with E-state index in [0.717, 1.165) is 25.9 Å².